The third-order valence-electron chi connectivity index (χ3n) is 4.96. The molecule has 0 aromatic carbocycles. The predicted octanol–water partition coefficient (Wildman–Crippen LogP) is 2.55. The Morgan fingerprint density at radius 3 is 2.40 bits per heavy atom. The highest BCUT2D eigenvalue weighted by molar-refractivity contribution is 5.94. The molecule has 0 bridgehead atoms. The molecule has 0 radical (unpaired) electrons. The summed E-state index contributed by atoms with van der Waals surface area (Å²) < 4.78 is 0. The van der Waals surface area contributed by atoms with E-state index < -0.39 is 16.8 Å². The molecule has 1 heterocycles. The number of anilines is 1. The molecule has 1 aliphatic rings. The lowest BCUT2D eigenvalue weighted by atomic mass is 9.65. The van der Waals surface area contributed by atoms with Crippen LogP contribution in [0.3, 0.4) is 0 Å². The van der Waals surface area contributed by atoms with Crippen molar-refractivity contribution in [3.05, 3.63) is 24.5 Å². The molecule has 0 spiro atoms. The molecule has 108 valence electrons. The number of rotatable bonds is 3. The van der Waals surface area contributed by atoms with Crippen molar-refractivity contribution in [2.75, 3.05) is 5.32 Å². The monoisotopic (exact) mass is 276 g/mol. The van der Waals surface area contributed by atoms with Gasteiger partial charge in [0.15, 0.2) is 0 Å². The number of carbonyl (C=O) groups is 2. The van der Waals surface area contributed by atoms with E-state index in [9.17, 15) is 14.7 Å². The molecule has 0 unspecified atom stereocenters. The SMILES string of the molecule is CC1(C)[C@@H](C(=O)Nc2ccncc2)CC[C@@]1(C)C(=O)O. The minimum Gasteiger partial charge on any atom is -0.481 e. The zero-order valence-electron chi connectivity index (χ0n) is 12.0. The molecule has 1 aromatic heterocycles. The summed E-state index contributed by atoms with van der Waals surface area (Å²) in [6.07, 6.45) is 4.32. The van der Waals surface area contributed by atoms with Crippen molar-refractivity contribution in [2.24, 2.45) is 16.7 Å². The maximum Gasteiger partial charge on any atom is 0.309 e. The van der Waals surface area contributed by atoms with Crippen LogP contribution in [0.2, 0.25) is 0 Å². The van der Waals surface area contributed by atoms with Gasteiger partial charge in [0.2, 0.25) is 5.91 Å². The Balaban J connectivity index is 2.18. The number of aliphatic carboxylic acids is 1. The number of aromatic nitrogens is 1. The molecule has 1 saturated carbocycles. The van der Waals surface area contributed by atoms with Crippen LogP contribution in [0.25, 0.3) is 0 Å². The van der Waals surface area contributed by atoms with Crippen LogP contribution in [-0.2, 0) is 9.59 Å². The fraction of sp³-hybridized carbons (Fsp3) is 0.533. The van der Waals surface area contributed by atoms with Crippen LogP contribution in [0, 0.1) is 16.7 Å². The third kappa shape index (κ3) is 2.17. The van der Waals surface area contributed by atoms with Crippen molar-refractivity contribution in [3.63, 3.8) is 0 Å². The van der Waals surface area contributed by atoms with Gasteiger partial charge in [-0.1, -0.05) is 13.8 Å². The van der Waals surface area contributed by atoms with Gasteiger partial charge < -0.3 is 10.4 Å². The second-order valence-corrected chi connectivity index (χ2v) is 6.18. The lowest BCUT2D eigenvalue weighted by Crippen LogP contribution is -2.43. The standard InChI is InChI=1S/C15H20N2O3/c1-14(2)11(4-7-15(14,3)13(19)20)12(18)17-10-5-8-16-9-6-10/h5-6,8-9,11H,4,7H2,1-3H3,(H,19,20)(H,16,17,18)/t11-,15+/m1/s1. The lowest BCUT2D eigenvalue weighted by Gasteiger charge is -2.37. The van der Waals surface area contributed by atoms with Crippen molar-refractivity contribution in [2.45, 2.75) is 33.6 Å². The maximum atomic E-state index is 12.4. The van der Waals surface area contributed by atoms with Gasteiger partial charge >= 0.3 is 5.97 Å². The Morgan fingerprint density at radius 2 is 1.90 bits per heavy atom. The Hall–Kier alpha value is -1.91. The highest BCUT2D eigenvalue weighted by atomic mass is 16.4. The summed E-state index contributed by atoms with van der Waals surface area (Å²) in [5.41, 5.74) is -0.770. The van der Waals surface area contributed by atoms with Crippen LogP contribution in [-0.4, -0.2) is 22.0 Å². The van der Waals surface area contributed by atoms with Gasteiger partial charge in [0.1, 0.15) is 0 Å². The van der Waals surface area contributed by atoms with Crippen LogP contribution in [0.15, 0.2) is 24.5 Å². The molecule has 5 nitrogen and oxygen atoms in total. The first-order chi connectivity index (χ1) is 9.29. The summed E-state index contributed by atoms with van der Waals surface area (Å²) in [5, 5.41) is 12.3. The number of nitrogens with zero attached hydrogens (tertiary/aromatic N) is 1. The molecule has 1 aliphatic carbocycles. The smallest absolute Gasteiger partial charge is 0.309 e. The molecular weight excluding hydrogens is 256 g/mol. The molecule has 1 aromatic rings. The van der Waals surface area contributed by atoms with E-state index in [2.05, 4.69) is 10.3 Å². The van der Waals surface area contributed by atoms with E-state index in [0.29, 0.717) is 18.5 Å². The number of carbonyl (C=O) groups excluding carboxylic acids is 1. The minimum absolute atomic E-state index is 0.119. The van der Waals surface area contributed by atoms with Crippen molar-refractivity contribution in [1.29, 1.82) is 0 Å². The molecule has 2 rings (SSSR count). The molecule has 0 aliphatic heterocycles. The van der Waals surface area contributed by atoms with Crippen LogP contribution < -0.4 is 5.32 Å². The van der Waals surface area contributed by atoms with Gasteiger partial charge in [-0.15, -0.1) is 0 Å². The van der Waals surface area contributed by atoms with E-state index in [1.54, 1.807) is 31.5 Å². The van der Waals surface area contributed by atoms with Gasteiger partial charge in [-0.05, 0) is 37.3 Å². The summed E-state index contributed by atoms with van der Waals surface area (Å²) in [7, 11) is 0. The van der Waals surface area contributed by atoms with Crippen molar-refractivity contribution in [1.82, 2.24) is 4.98 Å². The average Bonchev–Trinajstić information content (AvgIpc) is 2.63. The second-order valence-electron chi connectivity index (χ2n) is 6.18. The second kappa shape index (κ2) is 4.89. The number of pyridine rings is 1. The molecule has 1 amide bonds. The van der Waals surface area contributed by atoms with Crippen LogP contribution >= 0.6 is 0 Å². The summed E-state index contributed by atoms with van der Waals surface area (Å²) >= 11 is 0. The number of hydrogen-bond donors (Lipinski definition) is 2. The fourth-order valence-electron chi connectivity index (χ4n) is 3.01. The molecule has 2 N–H and O–H groups in total. The first-order valence-corrected chi connectivity index (χ1v) is 6.73. The topological polar surface area (TPSA) is 79.3 Å². The van der Waals surface area contributed by atoms with Crippen molar-refractivity contribution < 1.29 is 14.7 Å². The van der Waals surface area contributed by atoms with Crippen molar-refractivity contribution >= 4 is 17.6 Å². The Kier molecular flexibility index (Phi) is 3.54. The maximum absolute atomic E-state index is 12.4. The van der Waals surface area contributed by atoms with E-state index in [1.165, 1.54) is 0 Å². The predicted molar refractivity (Wildman–Crippen MR) is 75.1 cm³/mol. The fourth-order valence-corrected chi connectivity index (χ4v) is 3.01. The number of carboxylic acid groups (broad SMARTS) is 1. The van der Waals surface area contributed by atoms with Crippen molar-refractivity contribution in [3.8, 4) is 0 Å². The first-order valence-electron chi connectivity index (χ1n) is 6.73. The normalized spacial score (nSPS) is 28.1. The zero-order valence-corrected chi connectivity index (χ0v) is 12.0. The molecule has 5 heteroatoms. The molecule has 20 heavy (non-hydrogen) atoms. The van der Waals surface area contributed by atoms with Gasteiger partial charge in [0.05, 0.1) is 5.41 Å². The van der Waals surface area contributed by atoms with Crippen LogP contribution in [0.5, 0.6) is 0 Å². The summed E-state index contributed by atoms with van der Waals surface area (Å²) in [4.78, 5) is 27.8. The molecule has 1 fully saturated rings. The van der Waals surface area contributed by atoms with E-state index in [1.807, 2.05) is 13.8 Å². The number of amides is 1. The van der Waals surface area contributed by atoms with Gasteiger partial charge in [-0.3, -0.25) is 14.6 Å². The average molecular weight is 276 g/mol. The summed E-state index contributed by atoms with van der Waals surface area (Å²) in [6, 6.07) is 3.44. The summed E-state index contributed by atoms with van der Waals surface area (Å²) in [5.74, 6) is -1.26. The first kappa shape index (κ1) is 14.5. The van der Waals surface area contributed by atoms with Crippen LogP contribution in [0.4, 0.5) is 5.69 Å². The summed E-state index contributed by atoms with van der Waals surface area (Å²) in [6.45, 7) is 5.46. The number of nitrogens with one attached hydrogen (secondary N) is 1. The lowest BCUT2D eigenvalue weighted by molar-refractivity contribution is -0.154. The zero-order chi connectivity index (χ0) is 15.0. The molecular formula is C15H20N2O3. The van der Waals surface area contributed by atoms with E-state index >= 15 is 0 Å². The Bertz CT molecular complexity index is 527. The highest BCUT2D eigenvalue weighted by Crippen LogP contribution is 2.56. The van der Waals surface area contributed by atoms with Gasteiger partial charge in [0.25, 0.3) is 0 Å². The molecule has 2 atom stereocenters. The van der Waals surface area contributed by atoms with Crippen LogP contribution in [0.1, 0.15) is 33.6 Å². The number of carboxylic acids is 1. The minimum atomic E-state index is -0.868. The quantitative estimate of drug-likeness (QED) is 0.889. The van der Waals surface area contributed by atoms with E-state index in [4.69, 9.17) is 0 Å². The Morgan fingerprint density at radius 1 is 1.30 bits per heavy atom. The van der Waals surface area contributed by atoms with Gasteiger partial charge in [-0.25, -0.2) is 0 Å². The highest BCUT2D eigenvalue weighted by Gasteiger charge is 2.58. The number of hydrogen-bond acceptors (Lipinski definition) is 3. The van der Waals surface area contributed by atoms with E-state index in [-0.39, 0.29) is 11.8 Å². The molecule has 0 saturated heterocycles. The third-order valence-corrected chi connectivity index (χ3v) is 4.96. The Labute approximate surface area is 118 Å². The van der Waals surface area contributed by atoms with E-state index in [0.717, 1.165) is 0 Å². The largest absolute Gasteiger partial charge is 0.481 e. The van der Waals surface area contributed by atoms with Gasteiger partial charge in [0, 0.05) is 24.0 Å². The van der Waals surface area contributed by atoms with Gasteiger partial charge in [-0.2, -0.15) is 0 Å².